The first-order chi connectivity index (χ1) is 13.7. The number of amides is 1. The van der Waals surface area contributed by atoms with Crippen LogP contribution in [-0.4, -0.2) is 60.9 Å². The molecule has 0 radical (unpaired) electrons. The summed E-state index contributed by atoms with van der Waals surface area (Å²) < 4.78 is 0. The lowest BCUT2D eigenvalue weighted by Crippen LogP contribution is -2.44. The topological polar surface area (TPSA) is 60.0 Å². The van der Waals surface area contributed by atoms with Gasteiger partial charge in [-0.2, -0.15) is 0 Å². The fraction of sp³-hybridized carbons (Fsp3) is 0.636. The van der Waals surface area contributed by atoms with Crippen molar-refractivity contribution in [1.29, 1.82) is 0 Å². The van der Waals surface area contributed by atoms with Crippen LogP contribution < -0.4 is 10.6 Å². The lowest BCUT2D eigenvalue weighted by Gasteiger charge is -2.26. The molecule has 1 atom stereocenters. The molecule has 0 aromatic heterocycles. The lowest BCUT2D eigenvalue weighted by atomic mass is 10.1. The number of likely N-dealkylation sites (tertiary alicyclic amines) is 2. The molecule has 2 aliphatic rings. The molecule has 2 N–H and O–H groups in total. The number of hydrogen-bond donors (Lipinski definition) is 2. The van der Waals surface area contributed by atoms with Crippen LogP contribution >= 0.6 is 24.0 Å². The minimum atomic E-state index is 0. The summed E-state index contributed by atoms with van der Waals surface area (Å²) in [6.07, 6.45) is 5.59. The molecule has 1 unspecified atom stereocenters. The normalized spacial score (nSPS) is 20.3. The number of carbonyl (C=O) groups excluding carboxylic acids is 1. The second kappa shape index (κ2) is 12.4. The van der Waals surface area contributed by atoms with Crippen LogP contribution in [0, 0.1) is 0 Å². The standard InChI is InChI=1S/C22H35N5O.HI/c1-3-21(28)27-14-11-20(17-27)25-22(23-2)24-15-18-7-9-19(10-8-18)16-26-12-5-4-6-13-26;/h7-10,20H,3-6,11-17H2,1-2H3,(H2,23,24,25);1H. The summed E-state index contributed by atoms with van der Waals surface area (Å²) in [5, 5.41) is 6.85. The van der Waals surface area contributed by atoms with Gasteiger partial charge in [-0.1, -0.05) is 37.6 Å². The molecule has 2 aliphatic heterocycles. The van der Waals surface area contributed by atoms with E-state index in [0.717, 1.165) is 38.6 Å². The Labute approximate surface area is 192 Å². The highest BCUT2D eigenvalue weighted by Crippen LogP contribution is 2.14. The highest BCUT2D eigenvalue weighted by Gasteiger charge is 2.25. The van der Waals surface area contributed by atoms with E-state index in [-0.39, 0.29) is 35.9 Å². The quantitative estimate of drug-likeness (QED) is 0.349. The fourth-order valence-electron chi connectivity index (χ4n) is 4.04. The van der Waals surface area contributed by atoms with Gasteiger partial charge in [-0.25, -0.2) is 0 Å². The molecule has 0 saturated carbocycles. The Morgan fingerprint density at radius 3 is 2.45 bits per heavy atom. The van der Waals surface area contributed by atoms with E-state index < -0.39 is 0 Å². The molecule has 1 aromatic rings. The van der Waals surface area contributed by atoms with Crippen molar-refractivity contribution in [2.45, 2.75) is 58.2 Å². The number of nitrogens with zero attached hydrogens (tertiary/aromatic N) is 3. The van der Waals surface area contributed by atoms with Crippen LogP contribution in [0.1, 0.15) is 50.2 Å². The number of carbonyl (C=O) groups is 1. The third kappa shape index (κ3) is 7.44. The maximum absolute atomic E-state index is 11.8. The van der Waals surface area contributed by atoms with Crippen LogP contribution in [0.5, 0.6) is 0 Å². The number of benzene rings is 1. The predicted molar refractivity (Wildman–Crippen MR) is 130 cm³/mol. The fourth-order valence-corrected chi connectivity index (χ4v) is 4.04. The second-order valence-electron chi connectivity index (χ2n) is 7.90. The minimum Gasteiger partial charge on any atom is -0.352 e. The van der Waals surface area contributed by atoms with Crippen molar-refractivity contribution in [1.82, 2.24) is 20.4 Å². The van der Waals surface area contributed by atoms with Crippen LogP contribution in [0.4, 0.5) is 0 Å². The van der Waals surface area contributed by atoms with Crippen molar-refractivity contribution >= 4 is 35.8 Å². The van der Waals surface area contributed by atoms with Crippen molar-refractivity contribution in [2.24, 2.45) is 4.99 Å². The van der Waals surface area contributed by atoms with E-state index in [2.05, 4.69) is 44.8 Å². The van der Waals surface area contributed by atoms with Crippen molar-refractivity contribution in [2.75, 3.05) is 33.2 Å². The molecule has 0 aliphatic carbocycles. The van der Waals surface area contributed by atoms with Gasteiger partial charge in [0.2, 0.25) is 5.91 Å². The summed E-state index contributed by atoms with van der Waals surface area (Å²) in [6, 6.07) is 9.17. The summed E-state index contributed by atoms with van der Waals surface area (Å²) in [5.41, 5.74) is 2.64. The molecule has 1 aromatic carbocycles. The highest BCUT2D eigenvalue weighted by molar-refractivity contribution is 14.0. The molecular formula is C22H36IN5O. The molecule has 162 valence electrons. The first kappa shape index (κ1) is 23.9. The van der Waals surface area contributed by atoms with E-state index in [1.165, 1.54) is 43.5 Å². The van der Waals surface area contributed by atoms with Gasteiger partial charge in [-0.15, -0.1) is 24.0 Å². The Hall–Kier alpha value is -1.35. The van der Waals surface area contributed by atoms with Gasteiger partial charge in [0.15, 0.2) is 5.96 Å². The average Bonchev–Trinajstić information content (AvgIpc) is 3.21. The average molecular weight is 513 g/mol. The second-order valence-corrected chi connectivity index (χ2v) is 7.90. The number of halogens is 1. The maximum Gasteiger partial charge on any atom is 0.222 e. The number of nitrogens with one attached hydrogen (secondary N) is 2. The summed E-state index contributed by atoms with van der Waals surface area (Å²) in [4.78, 5) is 20.7. The molecular weight excluding hydrogens is 477 g/mol. The van der Waals surface area contributed by atoms with Gasteiger partial charge in [0.25, 0.3) is 0 Å². The van der Waals surface area contributed by atoms with E-state index in [1.807, 2.05) is 11.8 Å². The Bertz CT molecular complexity index is 658. The molecule has 2 fully saturated rings. The zero-order valence-corrected chi connectivity index (χ0v) is 20.2. The Morgan fingerprint density at radius 1 is 1.10 bits per heavy atom. The van der Waals surface area contributed by atoms with Gasteiger partial charge in [-0.05, 0) is 43.5 Å². The number of hydrogen-bond acceptors (Lipinski definition) is 3. The summed E-state index contributed by atoms with van der Waals surface area (Å²) in [5.74, 6) is 1.03. The van der Waals surface area contributed by atoms with Crippen LogP contribution in [0.15, 0.2) is 29.3 Å². The van der Waals surface area contributed by atoms with E-state index in [9.17, 15) is 4.79 Å². The zero-order chi connectivity index (χ0) is 19.8. The molecule has 0 bridgehead atoms. The lowest BCUT2D eigenvalue weighted by molar-refractivity contribution is -0.129. The third-order valence-corrected chi connectivity index (χ3v) is 5.75. The summed E-state index contributed by atoms with van der Waals surface area (Å²) in [7, 11) is 1.79. The van der Waals surface area contributed by atoms with Crippen molar-refractivity contribution < 1.29 is 4.79 Å². The third-order valence-electron chi connectivity index (χ3n) is 5.75. The molecule has 2 heterocycles. The van der Waals surface area contributed by atoms with E-state index in [4.69, 9.17) is 0 Å². The van der Waals surface area contributed by atoms with Gasteiger partial charge >= 0.3 is 0 Å². The molecule has 2 saturated heterocycles. The van der Waals surface area contributed by atoms with Crippen molar-refractivity contribution in [3.63, 3.8) is 0 Å². The number of rotatable bonds is 6. The molecule has 6 nitrogen and oxygen atoms in total. The van der Waals surface area contributed by atoms with E-state index >= 15 is 0 Å². The van der Waals surface area contributed by atoms with Gasteiger partial charge in [0.1, 0.15) is 0 Å². The molecule has 7 heteroatoms. The zero-order valence-electron chi connectivity index (χ0n) is 17.8. The van der Waals surface area contributed by atoms with Crippen LogP contribution in [0.25, 0.3) is 0 Å². The largest absolute Gasteiger partial charge is 0.352 e. The first-order valence-corrected chi connectivity index (χ1v) is 10.7. The van der Waals surface area contributed by atoms with Crippen molar-refractivity contribution in [3.05, 3.63) is 35.4 Å². The smallest absolute Gasteiger partial charge is 0.222 e. The Balaban J connectivity index is 0.00000300. The number of piperidine rings is 1. The van der Waals surface area contributed by atoms with Gasteiger partial charge in [0, 0.05) is 45.7 Å². The maximum atomic E-state index is 11.8. The summed E-state index contributed by atoms with van der Waals surface area (Å²) >= 11 is 0. The molecule has 29 heavy (non-hydrogen) atoms. The van der Waals surface area contributed by atoms with Gasteiger partial charge < -0.3 is 15.5 Å². The summed E-state index contributed by atoms with van der Waals surface area (Å²) in [6.45, 7) is 7.78. The minimum absolute atomic E-state index is 0. The Morgan fingerprint density at radius 2 is 1.79 bits per heavy atom. The SMILES string of the molecule is CCC(=O)N1CCC(NC(=NC)NCc2ccc(CN3CCCCC3)cc2)C1.I. The van der Waals surface area contributed by atoms with Crippen LogP contribution in [0.2, 0.25) is 0 Å². The van der Waals surface area contributed by atoms with Crippen LogP contribution in [-0.2, 0) is 17.9 Å². The van der Waals surface area contributed by atoms with E-state index in [1.54, 1.807) is 7.05 Å². The van der Waals surface area contributed by atoms with Crippen molar-refractivity contribution in [3.8, 4) is 0 Å². The van der Waals surface area contributed by atoms with Gasteiger partial charge in [0.05, 0.1) is 0 Å². The molecule has 1 amide bonds. The van der Waals surface area contributed by atoms with E-state index in [0.29, 0.717) is 6.42 Å². The highest BCUT2D eigenvalue weighted by atomic mass is 127. The Kier molecular flexibility index (Phi) is 10.2. The predicted octanol–water partition coefficient (Wildman–Crippen LogP) is 2.97. The van der Waals surface area contributed by atoms with Crippen LogP contribution in [0.3, 0.4) is 0 Å². The molecule has 0 spiro atoms. The monoisotopic (exact) mass is 513 g/mol. The number of guanidine groups is 1. The first-order valence-electron chi connectivity index (χ1n) is 10.7. The molecule has 3 rings (SSSR count). The number of aliphatic imine (C=N–C) groups is 1. The van der Waals surface area contributed by atoms with Gasteiger partial charge in [-0.3, -0.25) is 14.7 Å².